The third-order valence-corrected chi connectivity index (χ3v) is 4.30. The van der Waals surface area contributed by atoms with Crippen LogP contribution in [0.1, 0.15) is 23.1 Å². The first-order valence-corrected chi connectivity index (χ1v) is 8.54. The molecular weight excluding hydrogens is 328 g/mol. The van der Waals surface area contributed by atoms with E-state index in [0.717, 1.165) is 5.69 Å². The van der Waals surface area contributed by atoms with Gasteiger partial charge in [-0.3, -0.25) is 9.59 Å². The van der Waals surface area contributed by atoms with Gasteiger partial charge in [0.25, 0.3) is 11.5 Å². The highest BCUT2D eigenvalue weighted by Gasteiger charge is 2.16. The number of aromatic amines is 1. The lowest BCUT2D eigenvalue weighted by Gasteiger charge is -2.21. The first kappa shape index (κ1) is 17.7. The van der Waals surface area contributed by atoms with Crippen molar-refractivity contribution in [2.45, 2.75) is 13.5 Å². The Bertz CT molecular complexity index is 977. The number of hydrogen-bond acceptors (Lipinski definition) is 4. The van der Waals surface area contributed by atoms with Crippen molar-refractivity contribution in [1.82, 2.24) is 14.9 Å². The van der Waals surface area contributed by atoms with Crippen molar-refractivity contribution in [3.05, 3.63) is 70.3 Å². The van der Waals surface area contributed by atoms with Crippen molar-refractivity contribution >= 4 is 22.5 Å². The molecule has 0 atom stereocenters. The molecule has 0 aliphatic carbocycles. The predicted octanol–water partition coefficient (Wildman–Crippen LogP) is 2.65. The monoisotopic (exact) mass is 350 g/mol. The molecule has 0 fully saturated rings. The molecule has 0 radical (unpaired) electrons. The molecule has 6 heteroatoms. The molecule has 26 heavy (non-hydrogen) atoms. The minimum Gasteiger partial charge on any atom is -0.378 e. The normalized spacial score (nSPS) is 10.7. The van der Waals surface area contributed by atoms with Crippen LogP contribution in [0.3, 0.4) is 0 Å². The molecule has 0 saturated carbocycles. The zero-order chi connectivity index (χ0) is 18.7. The molecule has 0 aliphatic rings. The molecule has 3 aromatic rings. The van der Waals surface area contributed by atoms with E-state index in [2.05, 4.69) is 9.97 Å². The van der Waals surface area contributed by atoms with Crippen molar-refractivity contribution in [2.24, 2.45) is 0 Å². The number of hydrogen-bond donors (Lipinski definition) is 1. The Hall–Kier alpha value is -3.15. The van der Waals surface area contributed by atoms with Crippen LogP contribution < -0.4 is 10.5 Å². The number of H-pyrrole nitrogens is 1. The Labute approximate surface area is 152 Å². The molecule has 0 saturated heterocycles. The van der Waals surface area contributed by atoms with Crippen LogP contribution in [0, 0.1) is 0 Å². The van der Waals surface area contributed by atoms with E-state index in [4.69, 9.17) is 0 Å². The summed E-state index contributed by atoms with van der Waals surface area (Å²) in [5.41, 5.74) is 2.08. The van der Waals surface area contributed by atoms with E-state index >= 15 is 0 Å². The number of aromatic nitrogens is 2. The van der Waals surface area contributed by atoms with Crippen LogP contribution in [0.25, 0.3) is 10.9 Å². The fourth-order valence-electron chi connectivity index (χ4n) is 2.80. The molecule has 2 aromatic carbocycles. The van der Waals surface area contributed by atoms with Gasteiger partial charge in [0.15, 0.2) is 0 Å². The van der Waals surface area contributed by atoms with Gasteiger partial charge in [0.1, 0.15) is 5.82 Å². The van der Waals surface area contributed by atoms with Crippen LogP contribution in [0.15, 0.2) is 53.3 Å². The molecule has 0 spiro atoms. The van der Waals surface area contributed by atoms with E-state index in [9.17, 15) is 9.59 Å². The number of nitrogens with zero attached hydrogens (tertiary/aromatic N) is 3. The van der Waals surface area contributed by atoms with Gasteiger partial charge in [-0.1, -0.05) is 12.1 Å². The highest BCUT2D eigenvalue weighted by atomic mass is 16.2. The van der Waals surface area contributed by atoms with Crippen molar-refractivity contribution in [3.63, 3.8) is 0 Å². The lowest BCUT2D eigenvalue weighted by atomic mass is 10.1. The summed E-state index contributed by atoms with van der Waals surface area (Å²) >= 11 is 0. The fraction of sp³-hybridized carbons (Fsp3) is 0.250. The summed E-state index contributed by atoms with van der Waals surface area (Å²) in [5, 5.41) is 0.546. The van der Waals surface area contributed by atoms with Crippen LogP contribution in [-0.2, 0) is 6.54 Å². The third kappa shape index (κ3) is 3.59. The maximum atomic E-state index is 12.8. The second kappa shape index (κ2) is 7.39. The number of carbonyl (C=O) groups is 1. The summed E-state index contributed by atoms with van der Waals surface area (Å²) in [6.07, 6.45) is 0. The maximum Gasteiger partial charge on any atom is 0.258 e. The van der Waals surface area contributed by atoms with Gasteiger partial charge in [-0.2, -0.15) is 0 Å². The molecular formula is C20H22N4O2. The summed E-state index contributed by atoms with van der Waals surface area (Å²) in [6.45, 7) is 2.68. The third-order valence-electron chi connectivity index (χ3n) is 4.30. The highest BCUT2D eigenvalue weighted by molar-refractivity contribution is 5.94. The summed E-state index contributed by atoms with van der Waals surface area (Å²) < 4.78 is 0. The largest absolute Gasteiger partial charge is 0.378 e. The zero-order valence-electron chi connectivity index (χ0n) is 15.2. The van der Waals surface area contributed by atoms with Crippen LogP contribution in [0.5, 0.6) is 0 Å². The van der Waals surface area contributed by atoms with Gasteiger partial charge in [-0.25, -0.2) is 4.98 Å². The number of rotatable bonds is 5. The van der Waals surface area contributed by atoms with Gasteiger partial charge < -0.3 is 14.8 Å². The van der Waals surface area contributed by atoms with Crippen molar-refractivity contribution in [2.75, 3.05) is 25.5 Å². The Kier molecular flexibility index (Phi) is 5.02. The van der Waals surface area contributed by atoms with Gasteiger partial charge in [0.05, 0.1) is 17.4 Å². The lowest BCUT2D eigenvalue weighted by Crippen LogP contribution is -2.32. The van der Waals surface area contributed by atoms with E-state index in [1.54, 1.807) is 23.1 Å². The second-order valence-electron chi connectivity index (χ2n) is 6.29. The van der Waals surface area contributed by atoms with Crippen molar-refractivity contribution in [1.29, 1.82) is 0 Å². The Morgan fingerprint density at radius 1 is 1.08 bits per heavy atom. The molecule has 134 valence electrons. The van der Waals surface area contributed by atoms with Gasteiger partial charge in [-0.05, 0) is 43.3 Å². The molecule has 0 unspecified atom stereocenters. The summed E-state index contributed by atoms with van der Waals surface area (Å²) in [4.78, 5) is 35.9. The molecule has 0 bridgehead atoms. The zero-order valence-corrected chi connectivity index (χ0v) is 15.2. The van der Waals surface area contributed by atoms with Crippen LogP contribution in [0.2, 0.25) is 0 Å². The molecule has 6 nitrogen and oxygen atoms in total. The van der Waals surface area contributed by atoms with E-state index in [1.165, 1.54) is 0 Å². The molecule has 3 rings (SSSR count). The van der Waals surface area contributed by atoms with E-state index in [1.807, 2.05) is 56.3 Å². The predicted molar refractivity (Wildman–Crippen MR) is 104 cm³/mol. The highest BCUT2D eigenvalue weighted by Crippen LogP contribution is 2.15. The second-order valence-corrected chi connectivity index (χ2v) is 6.29. The van der Waals surface area contributed by atoms with E-state index < -0.39 is 0 Å². The minimum atomic E-state index is -0.190. The van der Waals surface area contributed by atoms with Gasteiger partial charge >= 0.3 is 0 Å². The molecule has 0 aliphatic heterocycles. The van der Waals surface area contributed by atoms with Crippen molar-refractivity contribution < 1.29 is 4.79 Å². The summed E-state index contributed by atoms with van der Waals surface area (Å²) in [6, 6.07) is 14.6. The molecule has 1 N–H and O–H groups in total. The lowest BCUT2D eigenvalue weighted by molar-refractivity contribution is 0.0748. The van der Waals surface area contributed by atoms with E-state index in [-0.39, 0.29) is 18.0 Å². The van der Waals surface area contributed by atoms with Gasteiger partial charge in [0, 0.05) is 31.9 Å². The number of para-hydroxylation sites is 1. The van der Waals surface area contributed by atoms with Gasteiger partial charge in [0.2, 0.25) is 0 Å². The Morgan fingerprint density at radius 2 is 1.77 bits per heavy atom. The summed E-state index contributed by atoms with van der Waals surface area (Å²) in [7, 11) is 3.91. The van der Waals surface area contributed by atoms with Crippen LogP contribution >= 0.6 is 0 Å². The number of fused-ring (bicyclic) bond motifs is 1. The first-order chi connectivity index (χ1) is 12.5. The maximum absolute atomic E-state index is 12.8. The summed E-state index contributed by atoms with van der Waals surface area (Å²) in [5.74, 6) is 0.391. The molecule has 1 amide bonds. The van der Waals surface area contributed by atoms with Crippen LogP contribution in [0.4, 0.5) is 5.69 Å². The van der Waals surface area contributed by atoms with E-state index in [0.29, 0.717) is 28.8 Å². The number of anilines is 1. The fourth-order valence-corrected chi connectivity index (χ4v) is 2.80. The molecule has 1 aromatic heterocycles. The quantitative estimate of drug-likeness (QED) is 0.768. The average Bonchev–Trinajstić information content (AvgIpc) is 2.65. The number of benzene rings is 2. The first-order valence-electron chi connectivity index (χ1n) is 8.54. The Balaban J connectivity index is 1.85. The number of amides is 1. The minimum absolute atomic E-state index is 0.0892. The standard InChI is InChI=1S/C20H22N4O2/c1-4-24(20(26)14-9-11-15(12-10-14)23(2)3)13-18-21-17-8-6-5-7-16(17)19(25)22-18/h5-12H,4,13H2,1-3H3,(H,21,22,25). The molecule has 1 heterocycles. The number of nitrogens with one attached hydrogen (secondary N) is 1. The van der Waals surface area contributed by atoms with Gasteiger partial charge in [-0.15, -0.1) is 0 Å². The smallest absolute Gasteiger partial charge is 0.258 e. The topological polar surface area (TPSA) is 69.3 Å². The Morgan fingerprint density at radius 3 is 2.42 bits per heavy atom. The number of carbonyl (C=O) groups excluding carboxylic acids is 1. The SMILES string of the molecule is CCN(Cc1nc2ccccc2c(=O)[nH]1)C(=O)c1ccc(N(C)C)cc1. The van der Waals surface area contributed by atoms with Crippen LogP contribution in [-0.4, -0.2) is 41.4 Å². The van der Waals surface area contributed by atoms with Crippen molar-refractivity contribution in [3.8, 4) is 0 Å². The average molecular weight is 350 g/mol.